The first-order chi connectivity index (χ1) is 9.06. The standard InChI is InChI=1S/C12H17N3O2S2/c1-8(11(14)16)15-12(17)9-4-2-3-5-10(9)19-7-18-6-13/h2-5,8H,6-7,13H2,1H3,(H2,14,16)(H,15,17). The number of hydrogen-bond donors (Lipinski definition) is 3. The second-order valence-corrected chi connectivity index (χ2v) is 6.14. The maximum absolute atomic E-state index is 12.0. The Morgan fingerprint density at radius 3 is 2.68 bits per heavy atom. The summed E-state index contributed by atoms with van der Waals surface area (Å²) in [5.74, 6) is -0.315. The van der Waals surface area contributed by atoms with E-state index in [1.54, 1.807) is 42.6 Å². The molecule has 0 radical (unpaired) electrons. The minimum Gasteiger partial charge on any atom is -0.368 e. The van der Waals surface area contributed by atoms with Gasteiger partial charge in [0.05, 0.1) is 5.56 Å². The van der Waals surface area contributed by atoms with Crippen LogP contribution in [0, 0.1) is 0 Å². The highest BCUT2D eigenvalue weighted by atomic mass is 32.2. The highest BCUT2D eigenvalue weighted by molar-refractivity contribution is 8.16. The lowest BCUT2D eigenvalue weighted by Gasteiger charge is -2.12. The summed E-state index contributed by atoms with van der Waals surface area (Å²) >= 11 is 3.12. The zero-order chi connectivity index (χ0) is 14.3. The van der Waals surface area contributed by atoms with Crippen LogP contribution < -0.4 is 16.8 Å². The van der Waals surface area contributed by atoms with Gasteiger partial charge >= 0.3 is 0 Å². The fourth-order valence-corrected chi connectivity index (χ4v) is 3.00. The maximum atomic E-state index is 12.0. The Labute approximate surface area is 120 Å². The molecule has 1 atom stereocenters. The number of amides is 2. The van der Waals surface area contributed by atoms with Crippen LogP contribution in [0.25, 0.3) is 0 Å². The zero-order valence-electron chi connectivity index (χ0n) is 10.6. The molecule has 0 aliphatic carbocycles. The molecule has 0 saturated heterocycles. The summed E-state index contributed by atoms with van der Waals surface area (Å²) in [6, 6.07) is 6.54. The SMILES string of the molecule is CC(NC(=O)c1ccccc1SCSCN)C(N)=O. The van der Waals surface area contributed by atoms with Gasteiger partial charge in [0.15, 0.2) is 0 Å². The van der Waals surface area contributed by atoms with Crippen molar-refractivity contribution in [3.63, 3.8) is 0 Å². The molecule has 19 heavy (non-hydrogen) atoms. The molecule has 5 N–H and O–H groups in total. The Balaban J connectivity index is 2.75. The third-order valence-electron chi connectivity index (χ3n) is 2.32. The molecule has 1 aromatic carbocycles. The van der Waals surface area contributed by atoms with Gasteiger partial charge in [0, 0.05) is 15.9 Å². The number of carbonyl (C=O) groups excluding carboxylic acids is 2. The van der Waals surface area contributed by atoms with Gasteiger partial charge in [0.25, 0.3) is 5.91 Å². The lowest BCUT2D eigenvalue weighted by Crippen LogP contribution is -2.42. The molecule has 5 nitrogen and oxygen atoms in total. The van der Waals surface area contributed by atoms with Gasteiger partial charge in [-0.25, -0.2) is 0 Å². The highest BCUT2D eigenvalue weighted by Gasteiger charge is 2.16. The summed E-state index contributed by atoms with van der Waals surface area (Å²) < 4.78 is 0. The average molecular weight is 299 g/mol. The van der Waals surface area contributed by atoms with Crippen molar-refractivity contribution in [1.82, 2.24) is 5.32 Å². The summed E-state index contributed by atoms with van der Waals surface area (Å²) in [5, 5.41) is 3.34. The number of nitrogens with one attached hydrogen (secondary N) is 1. The first-order valence-corrected chi connectivity index (χ1v) is 7.80. The molecule has 0 heterocycles. The Hall–Kier alpha value is -1.18. The van der Waals surface area contributed by atoms with E-state index >= 15 is 0 Å². The van der Waals surface area contributed by atoms with E-state index in [9.17, 15) is 9.59 Å². The van der Waals surface area contributed by atoms with E-state index in [4.69, 9.17) is 11.5 Å². The molecule has 0 spiro atoms. The normalized spacial score (nSPS) is 11.9. The molecule has 0 saturated carbocycles. The topological polar surface area (TPSA) is 98.2 Å². The van der Waals surface area contributed by atoms with E-state index < -0.39 is 11.9 Å². The number of nitrogens with two attached hydrogens (primary N) is 2. The quantitative estimate of drug-likeness (QED) is 0.396. The fourth-order valence-electron chi connectivity index (χ4n) is 1.28. The van der Waals surface area contributed by atoms with Gasteiger partial charge in [-0.3, -0.25) is 9.59 Å². The van der Waals surface area contributed by atoms with Crippen molar-refractivity contribution in [3.8, 4) is 0 Å². The van der Waals surface area contributed by atoms with Crippen LogP contribution >= 0.6 is 23.5 Å². The summed E-state index contributed by atoms with van der Waals surface area (Å²) in [4.78, 5) is 23.9. The number of hydrogen-bond acceptors (Lipinski definition) is 5. The predicted octanol–water partition coefficient (Wildman–Crippen LogP) is 0.989. The van der Waals surface area contributed by atoms with Gasteiger partial charge in [-0.05, 0) is 19.1 Å². The van der Waals surface area contributed by atoms with E-state index in [1.807, 2.05) is 12.1 Å². The lowest BCUT2D eigenvalue weighted by molar-refractivity contribution is -0.119. The van der Waals surface area contributed by atoms with Crippen molar-refractivity contribution in [2.45, 2.75) is 17.9 Å². The van der Waals surface area contributed by atoms with Gasteiger partial charge in [0.1, 0.15) is 6.04 Å². The molecule has 104 valence electrons. The van der Waals surface area contributed by atoms with Gasteiger partial charge in [-0.2, -0.15) is 0 Å². The van der Waals surface area contributed by atoms with Crippen molar-refractivity contribution < 1.29 is 9.59 Å². The summed E-state index contributed by atoms with van der Waals surface area (Å²) in [5.41, 5.74) is 11.1. The molecule has 1 unspecified atom stereocenters. The highest BCUT2D eigenvalue weighted by Crippen LogP contribution is 2.25. The number of rotatable bonds is 7. The number of carbonyl (C=O) groups is 2. The molecule has 0 aliphatic rings. The molecule has 0 aromatic heterocycles. The van der Waals surface area contributed by atoms with Crippen molar-refractivity contribution in [2.75, 3.05) is 11.0 Å². The number of benzene rings is 1. The first kappa shape index (κ1) is 15.9. The van der Waals surface area contributed by atoms with E-state index in [0.717, 1.165) is 9.98 Å². The van der Waals surface area contributed by atoms with Gasteiger partial charge < -0.3 is 16.8 Å². The van der Waals surface area contributed by atoms with Crippen molar-refractivity contribution in [1.29, 1.82) is 0 Å². The van der Waals surface area contributed by atoms with E-state index in [1.165, 1.54) is 0 Å². The lowest BCUT2D eigenvalue weighted by atomic mass is 10.2. The van der Waals surface area contributed by atoms with Gasteiger partial charge in [-0.1, -0.05) is 12.1 Å². The minimum absolute atomic E-state index is 0.299. The Kier molecular flexibility index (Phi) is 6.75. The monoisotopic (exact) mass is 299 g/mol. The number of thioether (sulfide) groups is 2. The van der Waals surface area contributed by atoms with Crippen LogP contribution in [0.1, 0.15) is 17.3 Å². The average Bonchev–Trinajstić information content (AvgIpc) is 2.39. The number of primary amides is 1. The Morgan fingerprint density at radius 2 is 2.05 bits per heavy atom. The van der Waals surface area contributed by atoms with Gasteiger partial charge in [-0.15, -0.1) is 23.5 Å². The second kappa shape index (κ2) is 8.08. The maximum Gasteiger partial charge on any atom is 0.253 e. The molecule has 0 bridgehead atoms. The van der Waals surface area contributed by atoms with Gasteiger partial charge in [0.2, 0.25) is 5.91 Å². The third-order valence-corrected chi connectivity index (χ3v) is 4.36. The van der Waals surface area contributed by atoms with Crippen LogP contribution in [0.3, 0.4) is 0 Å². The molecular weight excluding hydrogens is 282 g/mol. The molecule has 1 aromatic rings. The molecular formula is C12H17N3O2S2. The van der Waals surface area contributed by atoms with E-state index in [0.29, 0.717) is 11.4 Å². The van der Waals surface area contributed by atoms with E-state index in [-0.39, 0.29) is 5.91 Å². The largest absolute Gasteiger partial charge is 0.368 e. The summed E-state index contributed by atoms with van der Waals surface area (Å²) in [7, 11) is 0. The van der Waals surface area contributed by atoms with E-state index in [2.05, 4.69) is 5.32 Å². The first-order valence-electron chi connectivity index (χ1n) is 5.66. The Bertz CT molecular complexity index is 454. The molecule has 0 fully saturated rings. The van der Waals surface area contributed by atoms with Crippen LogP contribution in [0.2, 0.25) is 0 Å². The van der Waals surface area contributed by atoms with Crippen LogP contribution in [0.15, 0.2) is 29.2 Å². The second-order valence-electron chi connectivity index (χ2n) is 3.73. The zero-order valence-corrected chi connectivity index (χ0v) is 12.2. The predicted molar refractivity (Wildman–Crippen MR) is 79.9 cm³/mol. The van der Waals surface area contributed by atoms with Crippen LogP contribution in [-0.2, 0) is 4.79 Å². The third kappa shape index (κ3) is 5.14. The minimum atomic E-state index is -0.691. The van der Waals surface area contributed by atoms with Crippen LogP contribution in [0.4, 0.5) is 0 Å². The molecule has 2 amide bonds. The summed E-state index contributed by atoms with van der Waals surface area (Å²) in [6.45, 7) is 1.56. The molecule has 0 aliphatic heterocycles. The van der Waals surface area contributed by atoms with Crippen molar-refractivity contribution in [3.05, 3.63) is 29.8 Å². The smallest absolute Gasteiger partial charge is 0.253 e. The fraction of sp³-hybridized carbons (Fsp3) is 0.333. The molecule has 7 heteroatoms. The molecule has 1 rings (SSSR count). The van der Waals surface area contributed by atoms with Crippen LogP contribution in [-0.4, -0.2) is 28.8 Å². The Morgan fingerprint density at radius 1 is 1.37 bits per heavy atom. The van der Waals surface area contributed by atoms with Crippen molar-refractivity contribution in [2.24, 2.45) is 11.5 Å². The summed E-state index contributed by atoms with van der Waals surface area (Å²) in [6.07, 6.45) is 0. The van der Waals surface area contributed by atoms with Crippen LogP contribution in [0.5, 0.6) is 0 Å². The van der Waals surface area contributed by atoms with Crippen molar-refractivity contribution >= 4 is 35.3 Å².